The summed E-state index contributed by atoms with van der Waals surface area (Å²) in [7, 11) is 3.36. The fraction of sp³-hybridized carbons (Fsp3) is 0.172. The van der Waals surface area contributed by atoms with E-state index in [4.69, 9.17) is 14.2 Å². The van der Waals surface area contributed by atoms with Crippen LogP contribution in [0.1, 0.15) is 27.8 Å². The molecule has 0 spiro atoms. The number of methoxy groups -OCH3 is 2. The van der Waals surface area contributed by atoms with Gasteiger partial charge in [-0.1, -0.05) is 54.1 Å². The van der Waals surface area contributed by atoms with Crippen molar-refractivity contribution in [2.45, 2.75) is 19.4 Å². The Kier molecular flexibility index (Phi) is 4.90. The van der Waals surface area contributed by atoms with Gasteiger partial charge in [-0.3, -0.25) is 0 Å². The van der Waals surface area contributed by atoms with Crippen LogP contribution in [0.25, 0.3) is 16.8 Å². The van der Waals surface area contributed by atoms with E-state index in [0.29, 0.717) is 0 Å². The second-order valence-corrected chi connectivity index (χ2v) is 8.29. The summed E-state index contributed by atoms with van der Waals surface area (Å²) in [6.45, 7) is 4.25. The van der Waals surface area contributed by atoms with E-state index < -0.39 is 5.60 Å². The predicted octanol–water partition coefficient (Wildman–Crippen LogP) is 6.82. The number of aryl methyl sites for hydroxylation is 2. The lowest BCUT2D eigenvalue weighted by Gasteiger charge is -2.37. The molecule has 1 aliphatic heterocycles. The van der Waals surface area contributed by atoms with Crippen molar-refractivity contribution >= 4 is 16.8 Å². The average molecular weight is 423 g/mol. The molecule has 0 bridgehead atoms. The molecule has 0 N–H and O–H groups in total. The summed E-state index contributed by atoms with van der Waals surface area (Å²) < 4.78 is 17.8. The Bertz CT molecular complexity index is 1270. The molecule has 4 aromatic carbocycles. The Morgan fingerprint density at radius 1 is 0.719 bits per heavy atom. The number of fused-ring (bicyclic) bond motifs is 3. The van der Waals surface area contributed by atoms with Crippen LogP contribution in [0.2, 0.25) is 0 Å². The highest BCUT2D eigenvalue weighted by Gasteiger charge is 2.38. The maximum Gasteiger partial charge on any atom is 0.178 e. The van der Waals surface area contributed by atoms with Gasteiger partial charge in [-0.2, -0.15) is 0 Å². The van der Waals surface area contributed by atoms with Gasteiger partial charge in [0, 0.05) is 22.1 Å². The van der Waals surface area contributed by atoms with Crippen LogP contribution in [0.5, 0.6) is 17.2 Å². The fourth-order valence-electron chi connectivity index (χ4n) is 4.49. The third-order valence-corrected chi connectivity index (χ3v) is 6.28. The van der Waals surface area contributed by atoms with Crippen molar-refractivity contribution in [1.82, 2.24) is 0 Å². The minimum atomic E-state index is -0.768. The summed E-state index contributed by atoms with van der Waals surface area (Å²) in [6, 6.07) is 24.9. The van der Waals surface area contributed by atoms with Gasteiger partial charge in [-0.25, -0.2) is 0 Å². The Morgan fingerprint density at radius 2 is 1.31 bits per heavy atom. The van der Waals surface area contributed by atoms with E-state index in [-0.39, 0.29) is 0 Å². The first kappa shape index (κ1) is 20.2. The van der Waals surface area contributed by atoms with Gasteiger partial charge >= 0.3 is 0 Å². The van der Waals surface area contributed by atoms with Crippen LogP contribution in [-0.4, -0.2) is 14.2 Å². The maximum absolute atomic E-state index is 7.02. The first-order valence-corrected chi connectivity index (χ1v) is 10.8. The van der Waals surface area contributed by atoms with Gasteiger partial charge in [-0.15, -0.1) is 0 Å². The Labute approximate surface area is 188 Å². The van der Waals surface area contributed by atoms with Crippen molar-refractivity contribution < 1.29 is 14.2 Å². The summed E-state index contributed by atoms with van der Waals surface area (Å²) in [5.74, 6) is 2.55. The van der Waals surface area contributed by atoms with Crippen molar-refractivity contribution in [1.29, 1.82) is 0 Å². The van der Waals surface area contributed by atoms with Gasteiger partial charge in [0.25, 0.3) is 0 Å². The third kappa shape index (κ3) is 3.21. The highest BCUT2D eigenvalue weighted by atomic mass is 16.5. The molecule has 0 unspecified atom stereocenters. The lowest BCUT2D eigenvalue weighted by Crippen LogP contribution is -2.34. The van der Waals surface area contributed by atoms with Crippen molar-refractivity contribution in [3.8, 4) is 17.2 Å². The first-order chi connectivity index (χ1) is 15.5. The molecule has 0 amide bonds. The smallest absolute Gasteiger partial charge is 0.178 e. The van der Waals surface area contributed by atoms with Gasteiger partial charge in [0.15, 0.2) is 5.60 Å². The molecule has 4 aromatic rings. The fourth-order valence-corrected chi connectivity index (χ4v) is 4.49. The Morgan fingerprint density at radius 3 is 1.88 bits per heavy atom. The largest absolute Gasteiger partial charge is 0.497 e. The summed E-state index contributed by atoms with van der Waals surface area (Å²) in [5, 5.41) is 2.31. The maximum atomic E-state index is 7.02. The molecule has 1 heterocycles. The molecule has 3 nitrogen and oxygen atoms in total. The summed E-state index contributed by atoms with van der Waals surface area (Å²) >= 11 is 0. The normalized spacial score (nSPS) is 14.0. The van der Waals surface area contributed by atoms with E-state index in [0.717, 1.165) is 39.3 Å². The molecule has 1 aliphatic rings. The van der Waals surface area contributed by atoms with E-state index in [9.17, 15) is 0 Å². The molecule has 0 aromatic heterocycles. The standard InChI is InChI=1S/C29H26O3/c1-19-5-6-21-18-20(2)26-15-16-29(32-28(26)27(21)17-19,22-7-11-24(30-3)12-8-22)23-9-13-25(31-4)14-10-23/h5-18H,1-4H3. The lowest BCUT2D eigenvalue weighted by atomic mass is 9.82. The Balaban J connectivity index is 1.76. The number of hydrogen-bond acceptors (Lipinski definition) is 3. The molecule has 0 saturated carbocycles. The molecule has 0 radical (unpaired) electrons. The molecule has 160 valence electrons. The van der Waals surface area contributed by atoms with Gasteiger partial charge in [-0.05, 0) is 61.2 Å². The predicted molar refractivity (Wildman–Crippen MR) is 130 cm³/mol. The number of ether oxygens (including phenoxy) is 3. The van der Waals surface area contributed by atoms with Crippen LogP contribution in [0, 0.1) is 13.8 Å². The number of benzene rings is 4. The van der Waals surface area contributed by atoms with Crippen molar-refractivity contribution in [3.63, 3.8) is 0 Å². The Hall–Kier alpha value is -3.72. The SMILES string of the molecule is COc1ccc(C2(c3ccc(OC)cc3)C=Cc3c(C)cc4ccc(C)cc4c3O2)cc1. The topological polar surface area (TPSA) is 27.7 Å². The van der Waals surface area contributed by atoms with E-state index >= 15 is 0 Å². The van der Waals surface area contributed by atoms with E-state index in [1.807, 2.05) is 24.3 Å². The van der Waals surface area contributed by atoms with E-state index in [2.05, 4.69) is 74.5 Å². The number of rotatable bonds is 4. The van der Waals surface area contributed by atoms with Crippen molar-refractivity contribution in [2.24, 2.45) is 0 Å². The van der Waals surface area contributed by atoms with Gasteiger partial charge < -0.3 is 14.2 Å². The van der Waals surface area contributed by atoms with E-state index in [1.165, 1.54) is 16.5 Å². The van der Waals surface area contributed by atoms with Crippen molar-refractivity contribution in [2.75, 3.05) is 14.2 Å². The molecule has 0 atom stereocenters. The number of hydrogen-bond donors (Lipinski definition) is 0. The van der Waals surface area contributed by atoms with Gasteiger partial charge in [0.1, 0.15) is 17.2 Å². The molecular weight excluding hydrogens is 396 g/mol. The molecule has 0 saturated heterocycles. The van der Waals surface area contributed by atoms with Crippen LogP contribution in [0.3, 0.4) is 0 Å². The van der Waals surface area contributed by atoms with Crippen LogP contribution in [0.4, 0.5) is 0 Å². The monoisotopic (exact) mass is 422 g/mol. The van der Waals surface area contributed by atoms with Crippen LogP contribution >= 0.6 is 0 Å². The second kappa shape index (κ2) is 7.76. The molecule has 5 rings (SSSR count). The quantitative estimate of drug-likeness (QED) is 0.361. The highest BCUT2D eigenvalue weighted by Crippen LogP contribution is 2.46. The molecule has 3 heteroatoms. The average Bonchev–Trinajstić information content (AvgIpc) is 2.84. The van der Waals surface area contributed by atoms with Crippen molar-refractivity contribution in [3.05, 3.63) is 107 Å². The minimum absolute atomic E-state index is 0.768. The third-order valence-electron chi connectivity index (χ3n) is 6.28. The van der Waals surface area contributed by atoms with E-state index in [1.54, 1.807) is 14.2 Å². The van der Waals surface area contributed by atoms with Gasteiger partial charge in [0.05, 0.1) is 14.2 Å². The zero-order valence-electron chi connectivity index (χ0n) is 18.8. The summed E-state index contributed by atoms with van der Waals surface area (Å²) in [6.07, 6.45) is 4.36. The molecular formula is C29H26O3. The lowest BCUT2D eigenvalue weighted by molar-refractivity contribution is 0.163. The first-order valence-electron chi connectivity index (χ1n) is 10.8. The molecule has 0 fully saturated rings. The van der Waals surface area contributed by atoms with Crippen LogP contribution < -0.4 is 14.2 Å². The zero-order valence-corrected chi connectivity index (χ0v) is 18.8. The van der Waals surface area contributed by atoms with Crippen LogP contribution in [-0.2, 0) is 5.60 Å². The van der Waals surface area contributed by atoms with Crippen LogP contribution in [0.15, 0.2) is 78.9 Å². The van der Waals surface area contributed by atoms with Gasteiger partial charge in [0.2, 0.25) is 0 Å². The second-order valence-electron chi connectivity index (χ2n) is 8.29. The molecule has 32 heavy (non-hydrogen) atoms. The minimum Gasteiger partial charge on any atom is -0.497 e. The summed E-state index contributed by atoms with van der Waals surface area (Å²) in [4.78, 5) is 0. The highest BCUT2D eigenvalue weighted by molar-refractivity contribution is 5.94. The summed E-state index contributed by atoms with van der Waals surface area (Å²) in [5.41, 5.74) is 4.84. The molecule has 0 aliphatic carbocycles. The zero-order chi connectivity index (χ0) is 22.3.